The Balaban J connectivity index is 1.41. The number of para-hydroxylation sites is 2. The van der Waals surface area contributed by atoms with Crippen LogP contribution >= 0.6 is 0 Å². The number of hydrogen-bond acceptors (Lipinski definition) is 6. The molecule has 0 aromatic heterocycles. The van der Waals surface area contributed by atoms with E-state index in [-0.39, 0.29) is 23.2 Å². The number of carbonyl (C=O) groups is 3. The van der Waals surface area contributed by atoms with Gasteiger partial charge in [0.2, 0.25) is 11.7 Å². The molecule has 1 heterocycles. The summed E-state index contributed by atoms with van der Waals surface area (Å²) in [5.41, 5.74) is 0.919. The minimum Gasteiger partial charge on any atom is -0.486 e. The van der Waals surface area contributed by atoms with Crippen molar-refractivity contribution in [2.45, 2.75) is 32.1 Å². The number of fused-ring (bicyclic) bond motifs is 1. The molecule has 162 valence electrons. The second-order valence-electron chi connectivity index (χ2n) is 7.70. The van der Waals surface area contributed by atoms with Crippen molar-refractivity contribution < 1.29 is 28.6 Å². The third-order valence-corrected chi connectivity index (χ3v) is 5.58. The molecule has 0 bridgehead atoms. The van der Waals surface area contributed by atoms with Gasteiger partial charge in [-0.3, -0.25) is 9.59 Å². The number of anilines is 1. The molecule has 1 N–H and O–H groups in total. The molecule has 0 radical (unpaired) electrons. The summed E-state index contributed by atoms with van der Waals surface area (Å²) in [5, 5.41) is 2.86. The average Bonchev–Trinajstić information content (AvgIpc) is 2.83. The Morgan fingerprint density at radius 3 is 2.48 bits per heavy atom. The fourth-order valence-electron chi connectivity index (χ4n) is 3.95. The first kappa shape index (κ1) is 20.9. The second kappa shape index (κ2) is 9.64. The number of nitrogens with one attached hydrogen (secondary N) is 1. The van der Waals surface area contributed by atoms with Crippen molar-refractivity contribution in [3.63, 3.8) is 0 Å². The van der Waals surface area contributed by atoms with Gasteiger partial charge in [-0.05, 0) is 37.1 Å². The minimum absolute atomic E-state index is 0.0362. The summed E-state index contributed by atoms with van der Waals surface area (Å²) in [4.78, 5) is 37.9. The Kier molecular flexibility index (Phi) is 6.50. The fraction of sp³-hybridized carbons (Fsp3) is 0.375. The molecule has 2 aliphatic rings. The Morgan fingerprint density at radius 2 is 1.65 bits per heavy atom. The van der Waals surface area contributed by atoms with Crippen molar-refractivity contribution in [3.8, 4) is 11.5 Å². The van der Waals surface area contributed by atoms with E-state index in [0.29, 0.717) is 36.0 Å². The van der Waals surface area contributed by atoms with Gasteiger partial charge >= 0.3 is 5.97 Å². The van der Waals surface area contributed by atoms with Gasteiger partial charge in [0, 0.05) is 5.92 Å². The zero-order valence-corrected chi connectivity index (χ0v) is 17.2. The molecule has 0 spiro atoms. The van der Waals surface area contributed by atoms with Crippen molar-refractivity contribution in [3.05, 3.63) is 53.6 Å². The van der Waals surface area contributed by atoms with Crippen LogP contribution in [0.25, 0.3) is 0 Å². The van der Waals surface area contributed by atoms with Gasteiger partial charge < -0.3 is 19.5 Å². The van der Waals surface area contributed by atoms with Gasteiger partial charge in [0.15, 0.2) is 18.1 Å². The molecule has 1 saturated carbocycles. The summed E-state index contributed by atoms with van der Waals surface area (Å²) in [7, 11) is 0. The highest BCUT2D eigenvalue weighted by Crippen LogP contribution is 2.34. The van der Waals surface area contributed by atoms with Crippen LogP contribution in [0.3, 0.4) is 0 Å². The molecule has 2 aromatic carbocycles. The van der Waals surface area contributed by atoms with Gasteiger partial charge in [0.1, 0.15) is 13.2 Å². The van der Waals surface area contributed by atoms with Crippen molar-refractivity contribution in [1.82, 2.24) is 0 Å². The van der Waals surface area contributed by atoms with Crippen LogP contribution in [0.5, 0.6) is 11.5 Å². The number of hydrogen-bond donors (Lipinski definition) is 1. The van der Waals surface area contributed by atoms with Gasteiger partial charge in [-0.1, -0.05) is 37.5 Å². The van der Waals surface area contributed by atoms with E-state index in [9.17, 15) is 14.4 Å². The summed E-state index contributed by atoms with van der Waals surface area (Å²) in [6.45, 7) is 0.331. The smallest absolute Gasteiger partial charge is 0.340 e. The molecule has 7 heteroatoms. The lowest BCUT2D eigenvalue weighted by Gasteiger charge is -2.21. The highest BCUT2D eigenvalue weighted by molar-refractivity contribution is 6.04. The Bertz CT molecular complexity index is 980. The summed E-state index contributed by atoms with van der Waals surface area (Å²) < 4.78 is 16.3. The fourth-order valence-corrected chi connectivity index (χ4v) is 3.95. The van der Waals surface area contributed by atoms with E-state index in [2.05, 4.69) is 5.32 Å². The average molecular weight is 423 g/mol. The SMILES string of the molecule is O=C(OCC(=O)c1cccc2c1OCCO2)c1ccccc1NC(=O)C1CCCCC1. The molecular formula is C24H25NO6. The van der Waals surface area contributed by atoms with E-state index in [0.717, 1.165) is 32.1 Å². The lowest BCUT2D eigenvalue weighted by atomic mass is 9.88. The molecule has 1 aliphatic carbocycles. The van der Waals surface area contributed by atoms with Crippen LogP contribution in [0.1, 0.15) is 52.8 Å². The first-order chi connectivity index (χ1) is 15.1. The third-order valence-electron chi connectivity index (χ3n) is 5.58. The zero-order valence-electron chi connectivity index (χ0n) is 17.2. The van der Waals surface area contributed by atoms with Crippen LogP contribution in [-0.4, -0.2) is 37.5 Å². The maximum atomic E-state index is 12.7. The van der Waals surface area contributed by atoms with E-state index in [4.69, 9.17) is 14.2 Å². The molecule has 2 aromatic rings. The van der Waals surface area contributed by atoms with E-state index in [1.54, 1.807) is 42.5 Å². The number of amides is 1. The maximum Gasteiger partial charge on any atom is 0.340 e. The molecule has 1 aliphatic heterocycles. The molecular weight excluding hydrogens is 398 g/mol. The molecule has 0 unspecified atom stereocenters. The number of ether oxygens (including phenoxy) is 3. The van der Waals surface area contributed by atoms with Crippen LogP contribution < -0.4 is 14.8 Å². The molecule has 0 saturated heterocycles. The molecule has 1 fully saturated rings. The van der Waals surface area contributed by atoms with Gasteiger partial charge in [0.25, 0.3) is 0 Å². The van der Waals surface area contributed by atoms with Crippen LogP contribution in [0.15, 0.2) is 42.5 Å². The predicted octanol–water partition coefficient (Wildman–Crippen LogP) is 4.02. The van der Waals surface area contributed by atoms with Gasteiger partial charge in [-0.25, -0.2) is 4.79 Å². The summed E-state index contributed by atoms with van der Waals surface area (Å²) in [6.07, 6.45) is 4.96. The monoisotopic (exact) mass is 423 g/mol. The first-order valence-corrected chi connectivity index (χ1v) is 10.6. The van der Waals surface area contributed by atoms with Crippen molar-refractivity contribution in [1.29, 1.82) is 0 Å². The second-order valence-corrected chi connectivity index (χ2v) is 7.70. The molecule has 4 rings (SSSR count). The molecule has 7 nitrogen and oxygen atoms in total. The Morgan fingerprint density at radius 1 is 0.903 bits per heavy atom. The number of ketones is 1. The van der Waals surface area contributed by atoms with Crippen LogP contribution in [0.2, 0.25) is 0 Å². The van der Waals surface area contributed by atoms with Crippen molar-refractivity contribution >= 4 is 23.3 Å². The number of benzene rings is 2. The Labute approximate surface area is 180 Å². The number of carbonyl (C=O) groups excluding carboxylic acids is 3. The maximum absolute atomic E-state index is 12.7. The summed E-state index contributed by atoms with van der Waals surface area (Å²) in [5.74, 6) is -0.307. The number of esters is 1. The van der Waals surface area contributed by atoms with Crippen molar-refractivity contribution in [2.75, 3.05) is 25.1 Å². The normalized spacial score (nSPS) is 15.7. The lowest BCUT2D eigenvalue weighted by molar-refractivity contribution is -0.120. The third kappa shape index (κ3) is 4.87. The van der Waals surface area contributed by atoms with Gasteiger partial charge in [-0.2, -0.15) is 0 Å². The van der Waals surface area contributed by atoms with Crippen molar-refractivity contribution in [2.24, 2.45) is 5.92 Å². The Hall–Kier alpha value is -3.35. The van der Waals surface area contributed by atoms with Gasteiger partial charge in [-0.15, -0.1) is 0 Å². The quantitative estimate of drug-likeness (QED) is 0.558. The predicted molar refractivity (Wildman–Crippen MR) is 114 cm³/mol. The summed E-state index contributed by atoms with van der Waals surface area (Å²) >= 11 is 0. The number of rotatable bonds is 6. The highest BCUT2D eigenvalue weighted by Gasteiger charge is 2.24. The largest absolute Gasteiger partial charge is 0.486 e. The number of Topliss-reactive ketones (excluding diaryl/α,β-unsaturated/α-hetero) is 1. The highest BCUT2D eigenvalue weighted by atomic mass is 16.6. The van der Waals surface area contributed by atoms with E-state index < -0.39 is 12.6 Å². The van der Waals surface area contributed by atoms with Crippen LogP contribution in [-0.2, 0) is 9.53 Å². The van der Waals surface area contributed by atoms with E-state index in [1.165, 1.54) is 0 Å². The topological polar surface area (TPSA) is 90.9 Å². The summed E-state index contributed by atoms with van der Waals surface area (Å²) in [6, 6.07) is 11.7. The van der Waals surface area contributed by atoms with Crippen LogP contribution in [0, 0.1) is 5.92 Å². The lowest BCUT2D eigenvalue weighted by Crippen LogP contribution is -2.26. The molecule has 0 atom stereocenters. The zero-order chi connectivity index (χ0) is 21.6. The standard InChI is InChI=1S/C24H25NO6/c26-20(18-10-6-12-21-22(18)30-14-13-29-21)15-31-24(28)17-9-4-5-11-19(17)25-23(27)16-7-2-1-3-8-16/h4-6,9-12,16H,1-3,7-8,13-15H2,(H,25,27). The van der Waals surface area contributed by atoms with Gasteiger partial charge in [0.05, 0.1) is 16.8 Å². The molecule has 31 heavy (non-hydrogen) atoms. The first-order valence-electron chi connectivity index (χ1n) is 10.6. The van der Waals surface area contributed by atoms with E-state index in [1.807, 2.05) is 0 Å². The van der Waals surface area contributed by atoms with Crippen LogP contribution in [0.4, 0.5) is 5.69 Å². The molecule has 1 amide bonds. The van der Waals surface area contributed by atoms with E-state index >= 15 is 0 Å². The minimum atomic E-state index is -0.671.